The molecule has 3 nitrogen and oxygen atoms in total. The number of rotatable bonds is 2. The molecule has 0 unspecified atom stereocenters. The molecule has 0 spiro atoms. The molecule has 6 heteroatoms. The molecule has 0 radical (unpaired) electrons. The Bertz CT molecular complexity index is 814. The van der Waals surface area contributed by atoms with Gasteiger partial charge in [-0.1, -0.05) is 18.2 Å². The van der Waals surface area contributed by atoms with Gasteiger partial charge in [-0.25, -0.2) is 8.78 Å². The lowest BCUT2D eigenvalue weighted by Gasteiger charge is -2.07. The van der Waals surface area contributed by atoms with Crippen LogP contribution in [0.1, 0.15) is 0 Å². The van der Waals surface area contributed by atoms with Crippen LogP contribution in [0.25, 0.3) is 22.4 Å². The summed E-state index contributed by atoms with van der Waals surface area (Å²) in [5, 5.41) is 6.79. The summed E-state index contributed by atoms with van der Waals surface area (Å²) in [6, 6.07) is 11.0. The van der Waals surface area contributed by atoms with Gasteiger partial charge in [0, 0.05) is 20.8 Å². The number of hydrogen-bond acceptors (Lipinski definition) is 2. The van der Waals surface area contributed by atoms with E-state index >= 15 is 0 Å². The largest absolute Gasteiger partial charge is 0.382 e. The molecule has 0 aliphatic heterocycles. The van der Waals surface area contributed by atoms with Crippen LogP contribution in [0.5, 0.6) is 0 Å². The standard InChI is InChI=1S/C15H10F2IN3/c16-8-5-6-9(11(17)7-8)13-14(20-21-15(13)19)10-3-1-2-4-12(10)18/h1-7H,(H3,19,20,21). The number of nitrogens with two attached hydrogens (primary N) is 1. The van der Waals surface area contributed by atoms with Gasteiger partial charge in [0.25, 0.3) is 0 Å². The molecule has 3 aromatic rings. The van der Waals surface area contributed by atoms with Crippen LogP contribution in [0, 0.1) is 15.2 Å². The van der Waals surface area contributed by atoms with Crippen LogP contribution < -0.4 is 5.73 Å². The molecule has 1 heterocycles. The summed E-state index contributed by atoms with van der Waals surface area (Å²) in [4.78, 5) is 0. The minimum Gasteiger partial charge on any atom is -0.382 e. The maximum atomic E-state index is 14.1. The molecule has 0 aliphatic carbocycles. The Kier molecular flexibility index (Phi) is 3.62. The summed E-state index contributed by atoms with van der Waals surface area (Å²) in [5.41, 5.74) is 8.00. The lowest BCUT2D eigenvalue weighted by molar-refractivity contribution is 0.585. The van der Waals surface area contributed by atoms with Crippen molar-refractivity contribution in [1.82, 2.24) is 10.2 Å². The van der Waals surface area contributed by atoms with Crippen molar-refractivity contribution < 1.29 is 8.78 Å². The van der Waals surface area contributed by atoms with E-state index in [0.29, 0.717) is 11.3 Å². The van der Waals surface area contributed by atoms with Gasteiger partial charge in [0.2, 0.25) is 0 Å². The lowest BCUT2D eigenvalue weighted by atomic mass is 10.0. The molecule has 0 saturated carbocycles. The molecule has 3 rings (SSSR count). The predicted molar refractivity (Wildman–Crippen MR) is 86.5 cm³/mol. The van der Waals surface area contributed by atoms with Crippen molar-refractivity contribution >= 4 is 28.4 Å². The first-order valence-electron chi connectivity index (χ1n) is 6.12. The van der Waals surface area contributed by atoms with E-state index in [1.54, 1.807) is 0 Å². The molecule has 106 valence electrons. The SMILES string of the molecule is Nc1n[nH]c(-c2ccccc2I)c1-c1ccc(F)cc1F. The van der Waals surface area contributed by atoms with Gasteiger partial charge in [0.15, 0.2) is 5.82 Å². The second-order valence-electron chi connectivity index (χ2n) is 4.46. The zero-order valence-electron chi connectivity index (χ0n) is 10.7. The van der Waals surface area contributed by atoms with E-state index in [0.717, 1.165) is 15.2 Å². The fourth-order valence-electron chi connectivity index (χ4n) is 2.18. The topological polar surface area (TPSA) is 54.7 Å². The summed E-state index contributed by atoms with van der Waals surface area (Å²) >= 11 is 2.18. The van der Waals surface area contributed by atoms with Gasteiger partial charge in [0.05, 0.1) is 11.3 Å². The lowest BCUT2D eigenvalue weighted by Crippen LogP contribution is -1.93. The molecule has 0 bridgehead atoms. The third-order valence-electron chi connectivity index (χ3n) is 3.14. The number of anilines is 1. The van der Waals surface area contributed by atoms with Crippen LogP contribution in [0.4, 0.5) is 14.6 Å². The Labute approximate surface area is 133 Å². The Morgan fingerprint density at radius 2 is 1.81 bits per heavy atom. The van der Waals surface area contributed by atoms with Gasteiger partial charge in [-0.05, 0) is 40.8 Å². The molecule has 0 amide bonds. The normalized spacial score (nSPS) is 10.8. The molecular formula is C15H10F2IN3. The highest BCUT2D eigenvalue weighted by atomic mass is 127. The van der Waals surface area contributed by atoms with Crippen molar-refractivity contribution in [3.63, 3.8) is 0 Å². The first-order valence-corrected chi connectivity index (χ1v) is 7.20. The van der Waals surface area contributed by atoms with Crippen LogP contribution in [-0.4, -0.2) is 10.2 Å². The van der Waals surface area contributed by atoms with Crippen LogP contribution in [0.15, 0.2) is 42.5 Å². The van der Waals surface area contributed by atoms with E-state index in [-0.39, 0.29) is 11.4 Å². The summed E-state index contributed by atoms with van der Waals surface area (Å²) in [6.07, 6.45) is 0. The predicted octanol–water partition coefficient (Wildman–Crippen LogP) is 4.21. The number of H-pyrrole nitrogens is 1. The van der Waals surface area contributed by atoms with Crippen molar-refractivity contribution in [3.8, 4) is 22.4 Å². The minimum absolute atomic E-state index is 0.176. The van der Waals surface area contributed by atoms with E-state index in [1.165, 1.54) is 12.1 Å². The molecule has 1 aromatic heterocycles. The number of hydrogen-bond donors (Lipinski definition) is 2. The monoisotopic (exact) mass is 397 g/mol. The number of nitrogens with zero attached hydrogens (tertiary/aromatic N) is 1. The zero-order valence-corrected chi connectivity index (χ0v) is 12.9. The number of nitrogen functional groups attached to an aromatic ring is 1. The van der Waals surface area contributed by atoms with Gasteiger partial charge in [-0.15, -0.1) is 0 Å². The van der Waals surface area contributed by atoms with Crippen LogP contribution >= 0.6 is 22.6 Å². The maximum Gasteiger partial charge on any atom is 0.153 e. The smallest absolute Gasteiger partial charge is 0.153 e. The molecule has 3 N–H and O–H groups in total. The summed E-state index contributed by atoms with van der Waals surface area (Å²) in [6.45, 7) is 0. The summed E-state index contributed by atoms with van der Waals surface area (Å²) in [7, 11) is 0. The van der Waals surface area contributed by atoms with Crippen molar-refractivity contribution in [2.24, 2.45) is 0 Å². The van der Waals surface area contributed by atoms with Crippen molar-refractivity contribution in [2.75, 3.05) is 5.73 Å². The average molecular weight is 397 g/mol. The molecule has 2 aromatic carbocycles. The Hall–Kier alpha value is -1.96. The third kappa shape index (κ3) is 2.51. The second-order valence-corrected chi connectivity index (χ2v) is 5.63. The molecule has 0 aliphatic rings. The van der Waals surface area contributed by atoms with Crippen LogP contribution in [0.2, 0.25) is 0 Å². The summed E-state index contributed by atoms with van der Waals surface area (Å²) in [5.74, 6) is -1.13. The highest BCUT2D eigenvalue weighted by Crippen LogP contribution is 2.37. The zero-order chi connectivity index (χ0) is 15.0. The quantitative estimate of drug-likeness (QED) is 0.637. The molecular weight excluding hydrogens is 387 g/mol. The summed E-state index contributed by atoms with van der Waals surface area (Å²) < 4.78 is 28.1. The second kappa shape index (κ2) is 5.44. The van der Waals surface area contributed by atoms with Crippen molar-refractivity contribution in [3.05, 3.63) is 57.7 Å². The maximum absolute atomic E-state index is 14.1. The Balaban J connectivity index is 2.25. The fourth-order valence-corrected chi connectivity index (χ4v) is 2.84. The van der Waals surface area contributed by atoms with E-state index in [4.69, 9.17) is 5.73 Å². The molecule has 0 fully saturated rings. The first kappa shape index (κ1) is 14.0. The average Bonchev–Trinajstić information content (AvgIpc) is 2.81. The van der Waals surface area contributed by atoms with Crippen molar-refractivity contribution in [2.45, 2.75) is 0 Å². The van der Waals surface area contributed by atoms with E-state index in [2.05, 4.69) is 32.8 Å². The van der Waals surface area contributed by atoms with Crippen LogP contribution in [0.3, 0.4) is 0 Å². The molecule has 21 heavy (non-hydrogen) atoms. The van der Waals surface area contributed by atoms with Gasteiger partial charge in [-0.3, -0.25) is 5.10 Å². The van der Waals surface area contributed by atoms with E-state index in [9.17, 15) is 8.78 Å². The Morgan fingerprint density at radius 3 is 2.52 bits per heavy atom. The molecule has 0 atom stereocenters. The van der Waals surface area contributed by atoms with Crippen molar-refractivity contribution in [1.29, 1.82) is 0 Å². The van der Waals surface area contributed by atoms with E-state index < -0.39 is 11.6 Å². The van der Waals surface area contributed by atoms with E-state index in [1.807, 2.05) is 24.3 Å². The Morgan fingerprint density at radius 1 is 1.05 bits per heavy atom. The minimum atomic E-state index is -0.671. The number of halogens is 3. The highest BCUT2D eigenvalue weighted by molar-refractivity contribution is 14.1. The van der Waals surface area contributed by atoms with Gasteiger partial charge >= 0.3 is 0 Å². The number of nitrogens with one attached hydrogen (secondary N) is 1. The molecule has 0 saturated heterocycles. The number of aromatic nitrogens is 2. The van der Waals surface area contributed by atoms with Gasteiger partial charge in [-0.2, -0.15) is 5.10 Å². The van der Waals surface area contributed by atoms with Crippen LogP contribution in [-0.2, 0) is 0 Å². The number of aromatic amines is 1. The highest BCUT2D eigenvalue weighted by Gasteiger charge is 2.19. The third-order valence-corrected chi connectivity index (χ3v) is 4.08. The fraction of sp³-hybridized carbons (Fsp3) is 0. The number of benzene rings is 2. The van der Waals surface area contributed by atoms with Gasteiger partial charge in [0.1, 0.15) is 11.6 Å². The first-order chi connectivity index (χ1) is 10.1. The van der Waals surface area contributed by atoms with Gasteiger partial charge < -0.3 is 5.73 Å².